The van der Waals surface area contributed by atoms with Gasteiger partial charge in [-0.1, -0.05) is 28.1 Å². The molecule has 98 valence electrons. The molecule has 5 nitrogen and oxygen atoms in total. The summed E-state index contributed by atoms with van der Waals surface area (Å²) < 4.78 is 1.01. The normalized spacial score (nSPS) is 10.2. The van der Waals surface area contributed by atoms with Gasteiger partial charge in [0.05, 0.1) is 18.2 Å². The molecule has 0 amide bonds. The van der Waals surface area contributed by atoms with Gasteiger partial charge in [0, 0.05) is 10.5 Å². The highest BCUT2D eigenvalue weighted by molar-refractivity contribution is 9.10. The summed E-state index contributed by atoms with van der Waals surface area (Å²) in [4.78, 5) is 15.3. The molecular weight excluding hydrogens is 310 g/mol. The van der Waals surface area contributed by atoms with Gasteiger partial charge < -0.3 is 0 Å². The van der Waals surface area contributed by atoms with Gasteiger partial charge in [-0.25, -0.2) is 4.98 Å². The summed E-state index contributed by atoms with van der Waals surface area (Å²) in [6.45, 7) is 0.592. The SMILES string of the molecule is CN(Cc1ccc(Br)cc1)c1[nH+]cccc1[N+](=O)[O-]. The van der Waals surface area contributed by atoms with Gasteiger partial charge in [0.1, 0.15) is 6.54 Å². The Hall–Kier alpha value is -1.95. The van der Waals surface area contributed by atoms with Crippen molar-refractivity contribution in [3.8, 4) is 0 Å². The predicted octanol–water partition coefficient (Wildman–Crippen LogP) is 2.81. The summed E-state index contributed by atoms with van der Waals surface area (Å²) in [6, 6.07) is 11.0. The molecule has 0 unspecified atom stereocenters. The molecule has 0 aliphatic heterocycles. The van der Waals surface area contributed by atoms with Gasteiger partial charge in [0.2, 0.25) is 0 Å². The highest BCUT2D eigenvalue weighted by atomic mass is 79.9. The number of benzene rings is 1. The van der Waals surface area contributed by atoms with Crippen LogP contribution in [0.15, 0.2) is 47.1 Å². The number of pyridine rings is 1. The monoisotopic (exact) mass is 322 g/mol. The number of aromatic amines is 1. The van der Waals surface area contributed by atoms with E-state index in [4.69, 9.17) is 0 Å². The van der Waals surface area contributed by atoms with Crippen LogP contribution in [0.5, 0.6) is 0 Å². The fraction of sp³-hybridized carbons (Fsp3) is 0.154. The Morgan fingerprint density at radius 3 is 2.63 bits per heavy atom. The molecule has 1 aromatic heterocycles. The Balaban J connectivity index is 2.22. The second-order valence-electron chi connectivity index (χ2n) is 4.14. The number of anilines is 1. The minimum Gasteiger partial charge on any atom is -0.258 e. The second kappa shape index (κ2) is 5.79. The van der Waals surface area contributed by atoms with Crippen LogP contribution in [-0.2, 0) is 6.54 Å². The highest BCUT2D eigenvalue weighted by Crippen LogP contribution is 2.22. The van der Waals surface area contributed by atoms with E-state index in [1.165, 1.54) is 6.07 Å². The van der Waals surface area contributed by atoms with Crippen molar-refractivity contribution in [1.29, 1.82) is 0 Å². The van der Waals surface area contributed by atoms with Gasteiger partial charge in [-0.3, -0.25) is 15.0 Å². The maximum absolute atomic E-state index is 11.0. The number of hydrogen-bond acceptors (Lipinski definition) is 3. The van der Waals surface area contributed by atoms with E-state index in [2.05, 4.69) is 20.9 Å². The number of rotatable bonds is 4. The van der Waals surface area contributed by atoms with Gasteiger partial charge >= 0.3 is 11.5 Å². The van der Waals surface area contributed by atoms with Crippen molar-refractivity contribution in [1.82, 2.24) is 0 Å². The van der Waals surface area contributed by atoms with Crippen molar-refractivity contribution in [2.24, 2.45) is 0 Å². The van der Waals surface area contributed by atoms with E-state index in [0.29, 0.717) is 12.4 Å². The Bertz CT molecular complexity index is 587. The van der Waals surface area contributed by atoms with Gasteiger partial charge in [-0.05, 0) is 23.8 Å². The molecule has 0 fully saturated rings. The molecule has 6 heteroatoms. The fourth-order valence-electron chi connectivity index (χ4n) is 1.81. The quantitative estimate of drug-likeness (QED) is 0.642. The van der Waals surface area contributed by atoms with Crippen LogP contribution in [-0.4, -0.2) is 12.0 Å². The van der Waals surface area contributed by atoms with Gasteiger partial charge in [0.15, 0.2) is 0 Å². The van der Waals surface area contributed by atoms with E-state index >= 15 is 0 Å². The summed E-state index contributed by atoms with van der Waals surface area (Å²) in [7, 11) is 1.82. The van der Waals surface area contributed by atoms with Crippen molar-refractivity contribution >= 4 is 27.4 Å². The Kier molecular flexibility index (Phi) is 4.11. The molecule has 1 aromatic carbocycles. The van der Waals surface area contributed by atoms with Crippen LogP contribution in [0.3, 0.4) is 0 Å². The summed E-state index contributed by atoms with van der Waals surface area (Å²) in [5.74, 6) is 0.496. The topological polar surface area (TPSA) is 60.5 Å². The molecule has 0 atom stereocenters. The minimum atomic E-state index is -0.385. The van der Waals surface area contributed by atoms with Gasteiger partial charge in [0.25, 0.3) is 0 Å². The third-order valence-electron chi connectivity index (χ3n) is 2.72. The molecule has 0 aliphatic rings. The van der Waals surface area contributed by atoms with Crippen molar-refractivity contribution in [3.63, 3.8) is 0 Å². The first-order chi connectivity index (χ1) is 9.08. The van der Waals surface area contributed by atoms with Crippen molar-refractivity contribution in [2.45, 2.75) is 6.54 Å². The lowest BCUT2D eigenvalue weighted by Crippen LogP contribution is -2.25. The summed E-state index contributed by atoms with van der Waals surface area (Å²) in [6.07, 6.45) is 1.68. The van der Waals surface area contributed by atoms with Crippen molar-refractivity contribution < 1.29 is 9.91 Å². The highest BCUT2D eigenvalue weighted by Gasteiger charge is 2.24. The number of halogens is 1. The predicted molar refractivity (Wildman–Crippen MR) is 75.9 cm³/mol. The maximum atomic E-state index is 11.0. The first kappa shape index (κ1) is 13.5. The minimum absolute atomic E-state index is 0.0714. The van der Waals surface area contributed by atoms with Crippen LogP contribution in [0, 0.1) is 10.1 Å². The number of nitrogens with one attached hydrogen (secondary N) is 1. The van der Waals surface area contributed by atoms with E-state index in [1.807, 2.05) is 36.2 Å². The molecule has 1 N–H and O–H groups in total. The number of hydrogen-bond donors (Lipinski definition) is 0. The van der Waals surface area contributed by atoms with Crippen LogP contribution in [0.2, 0.25) is 0 Å². The summed E-state index contributed by atoms with van der Waals surface area (Å²) >= 11 is 3.38. The average Bonchev–Trinajstić information content (AvgIpc) is 2.41. The zero-order valence-electron chi connectivity index (χ0n) is 10.3. The molecule has 2 rings (SSSR count). The third-order valence-corrected chi connectivity index (χ3v) is 3.25. The largest absolute Gasteiger partial charge is 0.357 e. The average molecular weight is 323 g/mol. The van der Waals surface area contributed by atoms with Crippen LogP contribution in [0.4, 0.5) is 11.5 Å². The standard InChI is InChI=1S/C13H12BrN3O2/c1-16(9-10-4-6-11(14)7-5-10)13-12(17(18)19)3-2-8-15-13/h2-8H,9H2,1H3/p+1. The number of nitrogens with zero attached hydrogens (tertiary/aromatic N) is 2. The molecular formula is C13H13BrN3O2+. The molecule has 0 spiro atoms. The van der Waals surface area contributed by atoms with E-state index in [-0.39, 0.29) is 10.6 Å². The van der Waals surface area contributed by atoms with Crippen LogP contribution < -0.4 is 9.88 Å². The molecule has 0 saturated heterocycles. The fourth-order valence-corrected chi connectivity index (χ4v) is 2.08. The molecule has 0 saturated carbocycles. The maximum Gasteiger partial charge on any atom is 0.357 e. The zero-order valence-corrected chi connectivity index (χ0v) is 11.9. The van der Waals surface area contributed by atoms with Crippen LogP contribution in [0.1, 0.15) is 5.56 Å². The van der Waals surface area contributed by atoms with Gasteiger partial charge in [-0.2, -0.15) is 0 Å². The lowest BCUT2D eigenvalue weighted by Gasteiger charge is -2.10. The third kappa shape index (κ3) is 3.29. The molecule has 0 aliphatic carbocycles. The van der Waals surface area contributed by atoms with E-state index in [9.17, 15) is 10.1 Å². The van der Waals surface area contributed by atoms with Crippen LogP contribution in [0.25, 0.3) is 0 Å². The first-order valence-electron chi connectivity index (χ1n) is 5.68. The van der Waals surface area contributed by atoms with E-state index in [1.54, 1.807) is 12.3 Å². The Morgan fingerprint density at radius 1 is 1.32 bits per heavy atom. The number of aromatic nitrogens is 1. The van der Waals surface area contributed by atoms with Crippen LogP contribution >= 0.6 is 15.9 Å². The lowest BCUT2D eigenvalue weighted by atomic mass is 10.2. The Morgan fingerprint density at radius 2 is 2.00 bits per heavy atom. The first-order valence-corrected chi connectivity index (χ1v) is 6.48. The molecule has 1 heterocycles. The van der Waals surface area contributed by atoms with E-state index in [0.717, 1.165) is 10.0 Å². The Labute approximate surface area is 119 Å². The summed E-state index contributed by atoms with van der Waals surface area (Å²) in [5, 5.41) is 11.0. The molecule has 0 bridgehead atoms. The molecule has 2 aromatic rings. The summed E-state index contributed by atoms with van der Waals surface area (Å²) in [5.41, 5.74) is 1.15. The smallest absolute Gasteiger partial charge is 0.258 e. The van der Waals surface area contributed by atoms with Gasteiger partial charge in [-0.15, -0.1) is 0 Å². The molecule has 0 radical (unpaired) electrons. The zero-order chi connectivity index (χ0) is 13.8. The lowest BCUT2D eigenvalue weighted by molar-refractivity contribution is -0.411. The van der Waals surface area contributed by atoms with E-state index < -0.39 is 0 Å². The van der Waals surface area contributed by atoms with Crippen molar-refractivity contribution in [3.05, 3.63) is 62.7 Å². The number of H-pyrrole nitrogens is 1. The molecule has 19 heavy (non-hydrogen) atoms. The number of nitro groups is 1. The second-order valence-corrected chi connectivity index (χ2v) is 5.06. The van der Waals surface area contributed by atoms with Crippen molar-refractivity contribution in [2.75, 3.05) is 11.9 Å².